The lowest BCUT2D eigenvalue weighted by molar-refractivity contribution is 0.319. The molecule has 0 fully saturated rings. The van der Waals surface area contributed by atoms with Gasteiger partial charge in [-0.2, -0.15) is 0 Å². The van der Waals surface area contributed by atoms with Gasteiger partial charge in [0.15, 0.2) is 9.84 Å². The first-order valence-electron chi connectivity index (χ1n) is 3.14. The summed E-state index contributed by atoms with van der Waals surface area (Å²) in [5, 5.41) is 10.2. The molecule has 0 aliphatic heterocycles. The fourth-order valence-electron chi connectivity index (χ4n) is 0.679. The Bertz CT molecular complexity index is 355. The maximum absolute atomic E-state index is 11.3. The van der Waals surface area contributed by atoms with Gasteiger partial charge < -0.3 is 5.11 Å². The van der Waals surface area contributed by atoms with Crippen molar-refractivity contribution < 1.29 is 13.5 Å². The van der Waals surface area contributed by atoms with E-state index < -0.39 is 9.84 Å². The minimum Gasteiger partial charge on any atom is -0.395 e. The number of hydrogen-bond acceptors (Lipinski definition) is 4. The molecule has 3 nitrogen and oxygen atoms in total. The van der Waals surface area contributed by atoms with Crippen LogP contribution in [0, 0.1) is 0 Å². The van der Waals surface area contributed by atoms with E-state index in [0.717, 1.165) is 15.8 Å². The van der Waals surface area contributed by atoms with E-state index in [1.165, 1.54) is 6.07 Å². The quantitative estimate of drug-likeness (QED) is 0.900. The molecule has 0 aromatic carbocycles. The Labute approximate surface area is 83.1 Å². The molecule has 0 saturated heterocycles. The van der Waals surface area contributed by atoms with Crippen molar-refractivity contribution in [3.8, 4) is 0 Å². The van der Waals surface area contributed by atoms with Crippen LogP contribution in [0.1, 0.15) is 0 Å². The lowest BCUT2D eigenvalue weighted by atomic mass is 10.7. The molecule has 0 saturated carbocycles. The van der Waals surface area contributed by atoms with Gasteiger partial charge >= 0.3 is 0 Å². The van der Waals surface area contributed by atoms with Gasteiger partial charge in [-0.1, -0.05) is 0 Å². The molecule has 1 heterocycles. The summed E-state index contributed by atoms with van der Waals surface area (Å²) in [7, 11) is -3.25. The summed E-state index contributed by atoms with van der Waals surface area (Å²) in [4.78, 5) is 0. The highest BCUT2D eigenvalue weighted by molar-refractivity contribution is 9.10. The molecule has 1 N–H and O–H groups in total. The predicted octanol–water partition coefficient (Wildman–Crippen LogP) is 1.28. The highest BCUT2D eigenvalue weighted by Crippen LogP contribution is 2.24. The summed E-state index contributed by atoms with van der Waals surface area (Å²) in [6.45, 7) is -0.335. The van der Waals surface area contributed by atoms with E-state index in [9.17, 15) is 8.42 Å². The second-order valence-corrected chi connectivity index (χ2v) is 6.29. The molecule has 0 unspecified atom stereocenters. The molecule has 12 heavy (non-hydrogen) atoms. The first kappa shape index (κ1) is 10.2. The molecular formula is C6H7BrO3S2. The van der Waals surface area contributed by atoms with Crippen LogP contribution >= 0.6 is 27.3 Å². The van der Waals surface area contributed by atoms with Crippen LogP contribution in [0.25, 0.3) is 0 Å². The normalized spacial score (nSPS) is 11.8. The van der Waals surface area contributed by atoms with E-state index in [4.69, 9.17) is 5.11 Å². The van der Waals surface area contributed by atoms with Gasteiger partial charge in [0.1, 0.15) is 4.21 Å². The Kier molecular flexibility index (Phi) is 3.28. The van der Waals surface area contributed by atoms with Crippen molar-refractivity contribution in [2.45, 2.75) is 4.21 Å². The summed E-state index contributed by atoms with van der Waals surface area (Å²) in [6.07, 6.45) is 0. The molecule has 1 aromatic heterocycles. The third kappa shape index (κ3) is 2.29. The molecule has 0 aliphatic carbocycles. The molecule has 1 aromatic rings. The zero-order valence-corrected chi connectivity index (χ0v) is 9.25. The number of halogens is 1. The Morgan fingerprint density at radius 3 is 2.67 bits per heavy atom. The molecule has 68 valence electrons. The lowest BCUT2D eigenvalue weighted by Crippen LogP contribution is -2.08. The topological polar surface area (TPSA) is 54.4 Å². The maximum Gasteiger partial charge on any atom is 0.190 e. The van der Waals surface area contributed by atoms with Crippen molar-refractivity contribution in [1.29, 1.82) is 0 Å². The van der Waals surface area contributed by atoms with E-state index in [-0.39, 0.29) is 12.4 Å². The van der Waals surface area contributed by atoms with Crippen LogP contribution in [-0.2, 0) is 9.84 Å². The standard InChI is InChI=1S/C6H7BrO3S2/c7-5-3-6(11-4-5)12(9,10)2-1-8/h3-4,8H,1-2H2. The highest BCUT2D eigenvalue weighted by Gasteiger charge is 2.15. The van der Waals surface area contributed by atoms with Crippen LogP contribution in [-0.4, -0.2) is 25.9 Å². The van der Waals surface area contributed by atoms with Gasteiger partial charge in [-0.3, -0.25) is 0 Å². The van der Waals surface area contributed by atoms with E-state index in [0.29, 0.717) is 4.21 Å². The average molecular weight is 271 g/mol. The first-order valence-corrected chi connectivity index (χ1v) is 6.46. The minimum absolute atomic E-state index is 0.208. The molecule has 0 aliphatic rings. The summed E-state index contributed by atoms with van der Waals surface area (Å²) >= 11 is 4.31. The molecule has 0 radical (unpaired) electrons. The van der Waals surface area contributed by atoms with Crippen molar-refractivity contribution in [2.75, 3.05) is 12.4 Å². The second kappa shape index (κ2) is 3.87. The second-order valence-electron chi connectivity index (χ2n) is 2.13. The summed E-state index contributed by atoms with van der Waals surface area (Å²) in [5.74, 6) is -0.208. The Hall–Kier alpha value is 0.0900. The third-order valence-electron chi connectivity index (χ3n) is 1.21. The van der Waals surface area contributed by atoms with E-state index in [2.05, 4.69) is 15.9 Å². The van der Waals surface area contributed by atoms with Crippen LogP contribution in [0.3, 0.4) is 0 Å². The van der Waals surface area contributed by atoms with Gasteiger partial charge in [-0.25, -0.2) is 8.42 Å². The van der Waals surface area contributed by atoms with Gasteiger partial charge in [0.2, 0.25) is 0 Å². The predicted molar refractivity (Wildman–Crippen MR) is 51.2 cm³/mol. The molecular weight excluding hydrogens is 264 g/mol. The first-order chi connectivity index (χ1) is 5.56. The van der Waals surface area contributed by atoms with E-state index in [1.54, 1.807) is 5.38 Å². The fraction of sp³-hybridized carbons (Fsp3) is 0.333. The van der Waals surface area contributed by atoms with Gasteiger partial charge in [0.05, 0.1) is 12.4 Å². The van der Waals surface area contributed by atoms with Gasteiger partial charge in [-0.05, 0) is 22.0 Å². The number of thiophene rings is 1. The van der Waals surface area contributed by atoms with Crippen LogP contribution in [0.15, 0.2) is 20.1 Å². The van der Waals surface area contributed by atoms with Gasteiger partial charge in [0.25, 0.3) is 0 Å². The average Bonchev–Trinajstić information content (AvgIpc) is 2.36. The van der Waals surface area contributed by atoms with Crippen LogP contribution in [0.4, 0.5) is 0 Å². The third-order valence-corrected chi connectivity index (χ3v) is 5.19. The van der Waals surface area contributed by atoms with Crippen molar-refractivity contribution in [1.82, 2.24) is 0 Å². The van der Waals surface area contributed by atoms with Crippen molar-refractivity contribution in [3.63, 3.8) is 0 Å². The van der Waals surface area contributed by atoms with Gasteiger partial charge in [-0.15, -0.1) is 11.3 Å². The van der Waals surface area contributed by atoms with Crippen molar-refractivity contribution in [3.05, 3.63) is 15.9 Å². The summed E-state index contributed by atoms with van der Waals surface area (Å²) in [6, 6.07) is 1.54. The minimum atomic E-state index is -3.25. The Balaban J connectivity index is 2.98. The molecule has 0 spiro atoms. The number of hydrogen-bond donors (Lipinski definition) is 1. The number of aliphatic hydroxyl groups is 1. The van der Waals surface area contributed by atoms with Crippen molar-refractivity contribution >= 4 is 37.1 Å². The molecule has 0 bridgehead atoms. The van der Waals surface area contributed by atoms with Crippen LogP contribution < -0.4 is 0 Å². The van der Waals surface area contributed by atoms with E-state index >= 15 is 0 Å². The molecule has 1 rings (SSSR count). The van der Waals surface area contributed by atoms with Gasteiger partial charge in [0, 0.05) is 9.85 Å². The van der Waals surface area contributed by atoms with Crippen molar-refractivity contribution in [2.24, 2.45) is 0 Å². The SMILES string of the molecule is O=S(=O)(CCO)c1cc(Br)cs1. The molecule has 0 atom stereocenters. The highest BCUT2D eigenvalue weighted by atomic mass is 79.9. The largest absolute Gasteiger partial charge is 0.395 e. The fourth-order valence-corrected chi connectivity index (χ4v) is 3.71. The molecule has 0 amide bonds. The van der Waals surface area contributed by atoms with Crippen LogP contribution in [0.2, 0.25) is 0 Å². The monoisotopic (exact) mass is 270 g/mol. The summed E-state index contributed by atoms with van der Waals surface area (Å²) < 4.78 is 23.6. The number of aliphatic hydroxyl groups excluding tert-OH is 1. The Morgan fingerprint density at radius 2 is 2.25 bits per heavy atom. The number of sulfone groups is 1. The molecule has 6 heteroatoms. The maximum atomic E-state index is 11.3. The lowest BCUT2D eigenvalue weighted by Gasteiger charge is -1.95. The number of rotatable bonds is 3. The van der Waals surface area contributed by atoms with Crippen LogP contribution in [0.5, 0.6) is 0 Å². The van der Waals surface area contributed by atoms with E-state index in [1.807, 2.05) is 0 Å². The summed E-state index contributed by atoms with van der Waals surface area (Å²) in [5.41, 5.74) is 0. The Morgan fingerprint density at radius 1 is 1.58 bits per heavy atom. The smallest absolute Gasteiger partial charge is 0.190 e. The zero-order valence-electron chi connectivity index (χ0n) is 6.03. The zero-order chi connectivity index (χ0) is 9.19.